The standard InChI is InChI=1S/C21H17NO3/c1-14-5-4-7-16-10-9-15(11-18(14)16)13-22-19-8-3-2-6-17(19)12-20(22)25-21(23)24/h2-12H,13H2,1H3,(H,23,24). The number of carbonyl (C=O) groups is 1. The summed E-state index contributed by atoms with van der Waals surface area (Å²) in [4.78, 5) is 11.0. The van der Waals surface area contributed by atoms with Gasteiger partial charge in [0, 0.05) is 11.5 Å². The molecule has 0 saturated heterocycles. The van der Waals surface area contributed by atoms with Crippen molar-refractivity contribution in [3.63, 3.8) is 0 Å². The van der Waals surface area contributed by atoms with Gasteiger partial charge in [0.2, 0.25) is 5.88 Å². The molecule has 124 valence electrons. The maximum Gasteiger partial charge on any atom is 0.512 e. The number of benzene rings is 3. The average Bonchev–Trinajstić information content (AvgIpc) is 2.92. The third-order valence-electron chi connectivity index (χ3n) is 4.47. The molecule has 4 rings (SSSR count). The summed E-state index contributed by atoms with van der Waals surface area (Å²) in [6, 6.07) is 22.1. The quantitative estimate of drug-likeness (QED) is 0.524. The molecule has 4 nitrogen and oxygen atoms in total. The molecule has 1 heterocycles. The summed E-state index contributed by atoms with van der Waals surface area (Å²) in [5.74, 6) is 0.332. The Kier molecular flexibility index (Phi) is 3.65. The van der Waals surface area contributed by atoms with E-state index < -0.39 is 6.16 Å². The molecular weight excluding hydrogens is 314 g/mol. The summed E-state index contributed by atoms with van der Waals surface area (Å²) in [6.45, 7) is 2.64. The van der Waals surface area contributed by atoms with E-state index >= 15 is 0 Å². The zero-order valence-corrected chi connectivity index (χ0v) is 13.8. The maximum absolute atomic E-state index is 11.0. The first-order valence-electron chi connectivity index (χ1n) is 8.09. The lowest BCUT2D eigenvalue weighted by atomic mass is 10.0. The molecule has 0 aliphatic heterocycles. The van der Waals surface area contributed by atoms with Crippen molar-refractivity contribution in [1.29, 1.82) is 0 Å². The van der Waals surface area contributed by atoms with Crippen LogP contribution in [0.4, 0.5) is 4.79 Å². The highest BCUT2D eigenvalue weighted by molar-refractivity contribution is 5.86. The van der Waals surface area contributed by atoms with Crippen molar-refractivity contribution in [2.24, 2.45) is 0 Å². The normalized spacial score (nSPS) is 11.1. The van der Waals surface area contributed by atoms with E-state index in [9.17, 15) is 4.79 Å². The molecule has 0 saturated carbocycles. The fraction of sp³-hybridized carbons (Fsp3) is 0.0952. The van der Waals surface area contributed by atoms with E-state index in [1.807, 2.05) is 28.8 Å². The van der Waals surface area contributed by atoms with Crippen molar-refractivity contribution in [2.75, 3.05) is 0 Å². The summed E-state index contributed by atoms with van der Waals surface area (Å²) in [7, 11) is 0. The molecule has 0 spiro atoms. The molecule has 0 aliphatic carbocycles. The van der Waals surface area contributed by atoms with Crippen molar-refractivity contribution in [2.45, 2.75) is 13.5 Å². The SMILES string of the molecule is Cc1cccc2ccc(Cn3c(OC(=O)O)cc4ccccc43)cc12. The van der Waals surface area contributed by atoms with Gasteiger partial charge in [-0.2, -0.15) is 0 Å². The van der Waals surface area contributed by atoms with E-state index in [-0.39, 0.29) is 0 Å². The van der Waals surface area contributed by atoms with Crippen LogP contribution in [0.3, 0.4) is 0 Å². The second-order valence-corrected chi connectivity index (χ2v) is 6.13. The topological polar surface area (TPSA) is 51.5 Å². The molecule has 4 aromatic rings. The predicted octanol–water partition coefficient (Wildman–Crippen LogP) is 5.21. The zero-order valence-electron chi connectivity index (χ0n) is 13.8. The molecule has 0 fully saturated rings. The molecule has 4 heteroatoms. The minimum absolute atomic E-state index is 0.332. The lowest BCUT2D eigenvalue weighted by Crippen LogP contribution is -2.09. The Labute approximate surface area is 144 Å². The van der Waals surface area contributed by atoms with Crippen LogP contribution in [0.15, 0.2) is 66.7 Å². The van der Waals surface area contributed by atoms with Gasteiger partial charge in [0.1, 0.15) is 0 Å². The molecule has 0 amide bonds. The molecule has 3 aromatic carbocycles. The highest BCUT2D eigenvalue weighted by atomic mass is 16.7. The number of hydrogen-bond donors (Lipinski definition) is 1. The Balaban J connectivity index is 1.82. The zero-order chi connectivity index (χ0) is 17.4. The van der Waals surface area contributed by atoms with Gasteiger partial charge >= 0.3 is 6.16 Å². The van der Waals surface area contributed by atoms with Gasteiger partial charge in [-0.1, -0.05) is 48.5 Å². The maximum atomic E-state index is 11.0. The van der Waals surface area contributed by atoms with Crippen molar-refractivity contribution in [3.8, 4) is 5.88 Å². The number of fused-ring (bicyclic) bond motifs is 2. The second-order valence-electron chi connectivity index (χ2n) is 6.13. The van der Waals surface area contributed by atoms with E-state index in [1.165, 1.54) is 16.3 Å². The van der Waals surface area contributed by atoms with Crippen molar-refractivity contribution >= 4 is 27.8 Å². The minimum Gasteiger partial charge on any atom is -0.449 e. The fourth-order valence-corrected chi connectivity index (χ4v) is 3.28. The molecular formula is C21H17NO3. The van der Waals surface area contributed by atoms with Gasteiger partial charge in [0.15, 0.2) is 0 Å². The molecule has 25 heavy (non-hydrogen) atoms. The van der Waals surface area contributed by atoms with E-state index in [0.717, 1.165) is 16.5 Å². The van der Waals surface area contributed by atoms with E-state index in [2.05, 4.69) is 43.3 Å². The lowest BCUT2D eigenvalue weighted by Gasteiger charge is -2.11. The Hall–Kier alpha value is -3.27. The van der Waals surface area contributed by atoms with Crippen LogP contribution in [0.1, 0.15) is 11.1 Å². The number of carboxylic acid groups (broad SMARTS) is 1. The van der Waals surface area contributed by atoms with E-state index in [1.54, 1.807) is 6.07 Å². The van der Waals surface area contributed by atoms with Crippen molar-refractivity contribution in [3.05, 3.63) is 77.9 Å². The number of rotatable bonds is 3. The Bertz CT molecular complexity index is 1090. The largest absolute Gasteiger partial charge is 0.512 e. The molecule has 0 aliphatic rings. The van der Waals surface area contributed by atoms with Crippen LogP contribution in [0.5, 0.6) is 5.88 Å². The monoisotopic (exact) mass is 331 g/mol. The summed E-state index contributed by atoms with van der Waals surface area (Å²) in [6.07, 6.45) is -1.31. The van der Waals surface area contributed by atoms with Gasteiger partial charge in [0.05, 0.1) is 12.1 Å². The molecule has 0 atom stereocenters. The first-order valence-corrected chi connectivity index (χ1v) is 8.09. The van der Waals surface area contributed by atoms with Crippen LogP contribution >= 0.6 is 0 Å². The molecule has 0 radical (unpaired) electrons. The molecule has 0 unspecified atom stereocenters. The van der Waals surface area contributed by atoms with Gasteiger partial charge in [-0.05, 0) is 41.0 Å². The van der Waals surface area contributed by atoms with Crippen LogP contribution in [0.25, 0.3) is 21.7 Å². The molecule has 0 bridgehead atoms. The Morgan fingerprint density at radius 2 is 1.80 bits per heavy atom. The van der Waals surface area contributed by atoms with Crippen LogP contribution < -0.4 is 4.74 Å². The average molecular weight is 331 g/mol. The number of nitrogens with zero attached hydrogens (tertiary/aromatic N) is 1. The summed E-state index contributed by atoms with van der Waals surface area (Å²) >= 11 is 0. The highest BCUT2D eigenvalue weighted by Gasteiger charge is 2.13. The van der Waals surface area contributed by atoms with Crippen LogP contribution in [-0.4, -0.2) is 15.8 Å². The second kappa shape index (κ2) is 5.98. The van der Waals surface area contributed by atoms with Gasteiger partial charge in [-0.3, -0.25) is 0 Å². The molecule has 1 N–H and O–H groups in total. The Morgan fingerprint density at radius 1 is 1.00 bits per heavy atom. The Morgan fingerprint density at radius 3 is 2.64 bits per heavy atom. The summed E-state index contributed by atoms with van der Waals surface area (Å²) < 4.78 is 6.89. The number of ether oxygens (including phenoxy) is 1. The van der Waals surface area contributed by atoms with E-state index in [4.69, 9.17) is 9.84 Å². The van der Waals surface area contributed by atoms with E-state index in [0.29, 0.717) is 12.4 Å². The highest BCUT2D eigenvalue weighted by Crippen LogP contribution is 2.28. The number of aromatic nitrogens is 1. The van der Waals surface area contributed by atoms with Crippen LogP contribution in [-0.2, 0) is 6.54 Å². The smallest absolute Gasteiger partial charge is 0.449 e. The van der Waals surface area contributed by atoms with Gasteiger partial charge in [-0.25, -0.2) is 4.79 Å². The number of hydrogen-bond acceptors (Lipinski definition) is 2. The van der Waals surface area contributed by atoms with Crippen LogP contribution in [0, 0.1) is 6.92 Å². The first-order chi connectivity index (χ1) is 12.1. The lowest BCUT2D eigenvalue weighted by molar-refractivity contribution is 0.141. The predicted molar refractivity (Wildman–Crippen MR) is 98.4 cm³/mol. The number of aryl methyl sites for hydroxylation is 1. The van der Waals surface area contributed by atoms with Crippen LogP contribution in [0.2, 0.25) is 0 Å². The molecule has 1 aromatic heterocycles. The summed E-state index contributed by atoms with van der Waals surface area (Å²) in [5, 5.41) is 12.4. The third kappa shape index (κ3) is 2.83. The van der Waals surface area contributed by atoms with Gasteiger partial charge < -0.3 is 14.4 Å². The summed E-state index contributed by atoms with van der Waals surface area (Å²) in [5.41, 5.74) is 3.26. The minimum atomic E-state index is -1.31. The fourth-order valence-electron chi connectivity index (χ4n) is 3.28. The van der Waals surface area contributed by atoms with Gasteiger partial charge in [0.25, 0.3) is 0 Å². The number of para-hydroxylation sites is 1. The van der Waals surface area contributed by atoms with Crippen molar-refractivity contribution < 1.29 is 14.6 Å². The third-order valence-corrected chi connectivity index (χ3v) is 4.47. The van der Waals surface area contributed by atoms with Gasteiger partial charge in [-0.15, -0.1) is 0 Å². The van der Waals surface area contributed by atoms with Crippen molar-refractivity contribution in [1.82, 2.24) is 4.57 Å². The first kappa shape index (κ1) is 15.3.